The van der Waals surface area contributed by atoms with E-state index in [1.807, 2.05) is 14.1 Å². The van der Waals surface area contributed by atoms with Crippen LogP contribution in [0.1, 0.15) is 6.42 Å². The zero-order chi connectivity index (χ0) is 7.56. The van der Waals surface area contributed by atoms with Crippen LogP contribution in [0.5, 0.6) is 0 Å². The maximum atomic E-state index is 10.5. The molecule has 1 heterocycles. The Morgan fingerprint density at radius 3 is 2.10 bits per heavy atom. The maximum absolute atomic E-state index is 10.5. The zero-order valence-corrected chi connectivity index (χ0v) is 6.58. The first kappa shape index (κ1) is 7.69. The molecule has 1 fully saturated rings. The fourth-order valence-electron chi connectivity index (χ4n) is 1.38. The van der Waals surface area contributed by atoms with E-state index in [0.717, 1.165) is 25.8 Å². The van der Waals surface area contributed by atoms with Crippen molar-refractivity contribution < 1.29 is 4.79 Å². The van der Waals surface area contributed by atoms with Crippen LogP contribution in [0.4, 0.5) is 0 Å². The molecule has 0 N–H and O–H groups in total. The first-order valence-electron chi connectivity index (χ1n) is 3.61. The lowest BCUT2D eigenvalue weighted by atomic mass is 10.2. The van der Waals surface area contributed by atoms with E-state index >= 15 is 0 Å². The molecule has 0 aromatic heterocycles. The number of likely N-dealkylation sites (N-methyl/N-ethyl adjacent to an activating group) is 2. The fraction of sp³-hybridized carbons (Fsp3) is 0.857. The molecule has 0 radical (unpaired) electrons. The molecule has 0 saturated carbocycles. The third-order valence-electron chi connectivity index (χ3n) is 2.05. The van der Waals surface area contributed by atoms with E-state index < -0.39 is 0 Å². The van der Waals surface area contributed by atoms with Gasteiger partial charge in [0.2, 0.25) is 0 Å². The summed E-state index contributed by atoms with van der Waals surface area (Å²) in [6, 6.07) is 0. The van der Waals surface area contributed by atoms with Gasteiger partial charge in [0.1, 0.15) is 6.17 Å². The SMILES string of the molecule is CN1CCCN(C)C1C=O. The number of rotatable bonds is 1. The summed E-state index contributed by atoms with van der Waals surface area (Å²) in [6.07, 6.45) is 2.17. The Kier molecular flexibility index (Phi) is 2.40. The molecule has 0 aliphatic carbocycles. The van der Waals surface area contributed by atoms with Gasteiger partial charge in [-0.3, -0.25) is 9.80 Å². The quantitative estimate of drug-likeness (QED) is 0.473. The van der Waals surface area contributed by atoms with E-state index in [9.17, 15) is 4.79 Å². The molecule has 1 aliphatic heterocycles. The molecule has 58 valence electrons. The van der Waals surface area contributed by atoms with Crippen LogP contribution in [-0.4, -0.2) is 49.4 Å². The summed E-state index contributed by atoms with van der Waals surface area (Å²) >= 11 is 0. The number of hydrogen-bond donors (Lipinski definition) is 0. The van der Waals surface area contributed by atoms with E-state index in [0.29, 0.717) is 0 Å². The molecule has 0 amide bonds. The average molecular weight is 142 g/mol. The molecule has 0 aromatic carbocycles. The Labute approximate surface area is 61.6 Å². The highest BCUT2D eigenvalue weighted by molar-refractivity contribution is 5.56. The van der Waals surface area contributed by atoms with Crippen LogP contribution in [0.2, 0.25) is 0 Å². The van der Waals surface area contributed by atoms with Crippen molar-refractivity contribution in [3.8, 4) is 0 Å². The second kappa shape index (κ2) is 3.12. The summed E-state index contributed by atoms with van der Waals surface area (Å²) in [5, 5.41) is 0. The van der Waals surface area contributed by atoms with Gasteiger partial charge in [-0.25, -0.2) is 0 Å². The first-order valence-corrected chi connectivity index (χ1v) is 3.61. The van der Waals surface area contributed by atoms with Crippen molar-refractivity contribution in [1.82, 2.24) is 9.80 Å². The molecule has 1 saturated heterocycles. The molecule has 0 bridgehead atoms. The van der Waals surface area contributed by atoms with E-state index in [4.69, 9.17) is 0 Å². The minimum atomic E-state index is 0.00810. The third-order valence-corrected chi connectivity index (χ3v) is 2.05. The number of nitrogens with zero attached hydrogens (tertiary/aromatic N) is 2. The second-order valence-electron chi connectivity index (χ2n) is 2.86. The van der Waals surface area contributed by atoms with Gasteiger partial charge in [-0.15, -0.1) is 0 Å². The summed E-state index contributed by atoms with van der Waals surface area (Å²) in [7, 11) is 3.96. The average Bonchev–Trinajstić information content (AvgIpc) is 1.88. The monoisotopic (exact) mass is 142 g/mol. The minimum Gasteiger partial charge on any atom is -0.300 e. The molecule has 3 heteroatoms. The highest BCUT2D eigenvalue weighted by Crippen LogP contribution is 2.07. The second-order valence-corrected chi connectivity index (χ2v) is 2.86. The summed E-state index contributed by atoms with van der Waals surface area (Å²) in [5.74, 6) is 0. The van der Waals surface area contributed by atoms with Gasteiger partial charge in [0.25, 0.3) is 0 Å². The molecule has 1 aliphatic rings. The molecule has 0 spiro atoms. The minimum absolute atomic E-state index is 0.00810. The van der Waals surface area contributed by atoms with E-state index in [1.165, 1.54) is 0 Å². The normalized spacial score (nSPS) is 25.0. The van der Waals surface area contributed by atoms with Crippen molar-refractivity contribution in [3.63, 3.8) is 0 Å². The molecule has 0 aromatic rings. The van der Waals surface area contributed by atoms with Crippen LogP contribution in [0.25, 0.3) is 0 Å². The molecular weight excluding hydrogens is 128 g/mol. The Hall–Kier alpha value is -0.410. The molecular formula is C7H14N2O. The smallest absolute Gasteiger partial charge is 0.151 e. The lowest BCUT2D eigenvalue weighted by Crippen LogP contribution is -2.51. The molecule has 1 rings (SSSR count). The number of carbonyl (C=O) groups excluding carboxylic acids is 1. The lowest BCUT2D eigenvalue weighted by molar-refractivity contribution is -0.119. The van der Waals surface area contributed by atoms with Crippen LogP contribution in [0.15, 0.2) is 0 Å². The van der Waals surface area contributed by atoms with Gasteiger partial charge in [0.15, 0.2) is 6.29 Å². The van der Waals surface area contributed by atoms with Crippen LogP contribution < -0.4 is 0 Å². The molecule has 0 unspecified atom stereocenters. The van der Waals surface area contributed by atoms with Gasteiger partial charge < -0.3 is 4.79 Å². The number of carbonyl (C=O) groups is 1. The number of hydrogen-bond acceptors (Lipinski definition) is 3. The van der Waals surface area contributed by atoms with Gasteiger partial charge in [-0.2, -0.15) is 0 Å². The van der Waals surface area contributed by atoms with Gasteiger partial charge in [-0.05, 0) is 20.5 Å². The topological polar surface area (TPSA) is 23.6 Å². The van der Waals surface area contributed by atoms with E-state index in [2.05, 4.69) is 9.80 Å². The Morgan fingerprint density at radius 1 is 1.30 bits per heavy atom. The van der Waals surface area contributed by atoms with Gasteiger partial charge in [0, 0.05) is 13.1 Å². The standard InChI is InChI=1S/C7H14N2O/c1-8-4-3-5-9(2)7(8)6-10/h6-7H,3-5H2,1-2H3. The van der Waals surface area contributed by atoms with Crippen molar-refractivity contribution in [2.75, 3.05) is 27.2 Å². The first-order chi connectivity index (χ1) is 4.75. The van der Waals surface area contributed by atoms with Gasteiger partial charge in [0.05, 0.1) is 0 Å². The summed E-state index contributed by atoms with van der Waals surface area (Å²) in [5.41, 5.74) is 0. The highest BCUT2D eigenvalue weighted by atomic mass is 16.1. The number of aldehydes is 1. The predicted molar refractivity (Wildman–Crippen MR) is 39.7 cm³/mol. The Morgan fingerprint density at radius 2 is 1.80 bits per heavy atom. The van der Waals surface area contributed by atoms with Crippen molar-refractivity contribution in [3.05, 3.63) is 0 Å². The van der Waals surface area contributed by atoms with Crippen LogP contribution in [0, 0.1) is 0 Å². The largest absolute Gasteiger partial charge is 0.300 e. The summed E-state index contributed by atoms with van der Waals surface area (Å²) < 4.78 is 0. The summed E-state index contributed by atoms with van der Waals surface area (Å²) in [6.45, 7) is 2.07. The van der Waals surface area contributed by atoms with Crippen molar-refractivity contribution in [1.29, 1.82) is 0 Å². The van der Waals surface area contributed by atoms with Gasteiger partial charge >= 0.3 is 0 Å². The molecule has 0 atom stereocenters. The van der Waals surface area contributed by atoms with Crippen LogP contribution in [-0.2, 0) is 4.79 Å². The van der Waals surface area contributed by atoms with E-state index in [-0.39, 0.29) is 6.17 Å². The van der Waals surface area contributed by atoms with Gasteiger partial charge in [-0.1, -0.05) is 0 Å². The fourth-order valence-corrected chi connectivity index (χ4v) is 1.38. The molecule has 3 nitrogen and oxygen atoms in total. The summed E-state index contributed by atoms with van der Waals surface area (Å²) in [4.78, 5) is 14.6. The highest BCUT2D eigenvalue weighted by Gasteiger charge is 2.22. The Balaban J connectivity index is 2.53. The Bertz CT molecular complexity index is 117. The van der Waals surface area contributed by atoms with Crippen LogP contribution in [0.3, 0.4) is 0 Å². The van der Waals surface area contributed by atoms with Crippen molar-refractivity contribution >= 4 is 6.29 Å². The maximum Gasteiger partial charge on any atom is 0.151 e. The van der Waals surface area contributed by atoms with Crippen LogP contribution >= 0.6 is 0 Å². The molecule has 10 heavy (non-hydrogen) atoms. The lowest BCUT2D eigenvalue weighted by Gasteiger charge is -2.36. The van der Waals surface area contributed by atoms with Crippen molar-refractivity contribution in [2.45, 2.75) is 12.6 Å². The third kappa shape index (κ3) is 1.36. The van der Waals surface area contributed by atoms with Crippen molar-refractivity contribution in [2.24, 2.45) is 0 Å². The zero-order valence-electron chi connectivity index (χ0n) is 6.58. The van der Waals surface area contributed by atoms with E-state index in [1.54, 1.807) is 0 Å². The predicted octanol–water partition coefficient (Wildman–Crippen LogP) is -0.221.